The van der Waals surface area contributed by atoms with Gasteiger partial charge in [0.25, 0.3) is 0 Å². The summed E-state index contributed by atoms with van der Waals surface area (Å²) in [4.78, 5) is 22.1. The molecule has 0 aromatic heterocycles. The summed E-state index contributed by atoms with van der Waals surface area (Å²) in [5, 5.41) is 3.65. The van der Waals surface area contributed by atoms with Gasteiger partial charge < -0.3 is 14.9 Å². The Hall–Kier alpha value is -1.59. The average Bonchev–Trinajstić information content (AvgIpc) is 2.63. The Morgan fingerprint density at radius 1 is 1.46 bits per heavy atom. The number of ether oxygens (including phenoxy) is 2. The first-order valence-corrected chi connectivity index (χ1v) is 3.67. The van der Waals surface area contributed by atoms with Gasteiger partial charge in [-0.15, -0.1) is 0 Å². The number of esters is 2. The van der Waals surface area contributed by atoms with Crippen LogP contribution >= 0.6 is 0 Å². The van der Waals surface area contributed by atoms with E-state index in [0.717, 1.165) is 0 Å². The molecule has 1 aliphatic heterocycles. The second-order valence-corrected chi connectivity index (χ2v) is 2.43. The van der Waals surface area contributed by atoms with Gasteiger partial charge in [-0.25, -0.2) is 4.79 Å². The largest absolute Gasteiger partial charge is 0.468 e. The topological polar surface area (TPSA) is 77.0 Å². The minimum atomic E-state index is -0.655. The zero-order chi connectivity index (χ0) is 9.84. The molecule has 13 heavy (non-hydrogen) atoms. The number of nitrogens with zero attached hydrogens (tertiary/aromatic N) is 1. The Morgan fingerprint density at radius 3 is 2.69 bits per heavy atom. The number of hydrazone groups is 1. The number of rotatable bonds is 2. The molecular formula is C7H10N2O4. The van der Waals surface area contributed by atoms with Crippen LogP contribution in [0, 0.1) is 5.92 Å². The van der Waals surface area contributed by atoms with Crippen LogP contribution < -0.4 is 5.43 Å². The molecule has 6 heteroatoms. The first kappa shape index (κ1) is 9.50. The Labute approximate surface area is 74.9 Å². The molecule has 1 N–H and O–H groups in total. The molecule has 0 aliphatic carbocycles. The maximum Gasteiger partial charge on any atom is 0.355 e. The number of methoxy groups -OCH3 is 2. The normalized spacial score (nSPS) is 20.2. The van der Waals surface area contributed by atoms with Crippen LogP contribution in [0.3, 0.4) is 0 Å². The van der Waals surface area contributed by atoms with Crippen LogP contribution in [0.1, 0.15) is 0 Å². The van der Waals surface area contributed by atoms with Crippen molar-refractivity contribution >= 4 is 17.7 Å². The molecule has 0 saturated heterocycles. The van der Waals surface area contributed by atoms with Crippen molar-refractivity contribution in [1.29, 1.82) is 0 Å². The summed E-state index contributed by atoms with van der Waals surface area (Å²) >= 11 is 0. The van der Waals surface area contributed by atoms with Crippen LogP contribution in [0.4, 0.5) is 0 Å². The average molecular weight is 186 g/mol. The number of hydrogen-bond acceptors (Lipinski definition) is 6. The minimum absolute atomic E-state index is 0.0642. The zero-order valence-electron chi connectivity index (χ0n) is 7.36. The molecule has 0 spiro atoms. The second-order valence-electron chi connectivity index (χ2n) is 2.43. The van der Waals surface area contributed by atoms with Gasteiger partial charge in [-0.1, -0.05) is 0 Å². The molecule has 0 unspecified atom stereocenters. The van der Waals surface area contributed by atoms with Gasteiger partial charge in [0.2, 0.25) is 0 Å². The van der Waals surface area contributed by atoms with Gasteiger partial charge in [-0.2, -0.15) is 5.10 Å². The van der Waals surface area contributed by atoms with Crippen LogP contribution in [0.15, 0.2) is 5.10 Å². The fourth-order valence-electron chi connectivity index (χ4n) is 1.03. The molecule has 0 fully saturated rings. The van der Waals surface area contributed by atoms with Gasteiger partial charge in [0.1, 0.15) is 5.92 Å². The van der Waals surface area contributed by atoms with E-state index in [2.05, 4.69) is 20.0 Å². The zero-order valence-corrected chi connectivity index (χ0v) is 7.36. The van der Waals surface area contributed by atoms with E-state index in [1.807, 2.05) is 0 Å². The predicted octanol–water partition coefficient (Wildman–Crippen LogP) is -1.09. The van der Waals surface area contributed by atoms with Crippen molar-refractivity contribution in [2.75, 3.05) is 20.8 Å². The first-order valence-electron chi connectivity index (χ1n) is 3.67. The van der Waals surface area contributed by atoms with Gasteiger partial charge in [0.15, 0.2) is 5.71 Å². The Bertz CT molecular complexity index is 261. The molecule has 0 bridgehead atoms. The van der Waals surface area contributed by atoms with E-state index in [9.17, 15) is 9.59 Å². The summed E-state index contributed by atoms with van der Waals surface area (Å²) in [5.41, 5.74) is 2.60. The van der Waals surface area contributed by atoms with Gasteiger partial charge in [0, 0.05) is 0 Å². The van der Waals surface area contributed by atoms with Crippen LogP contribution in [-0.4, -0.2) is 38.4 Å². The molecule has 1 heterocycles. The third-order valence-corrected chi connectivity index (χ3v) is 1.71. The first-order chi connectivity index (χ1) is 6.20. The fourth-order valence-corrected chi connectivity index (χ4v) is 1.03. The molecule has 1 aliphatic rings. The minimum Gasteiger partial charge on any atom is -0.468 e. The number of carbonyl (C=O) groups is 2. The highest BCUT2D eigenvalue weighted by Crippen LogP contribution is 2.08. The number of hydrogen-bond donors (Lipinski definition) is 1. The van der Waals surface area contributed by atoms with Crippen LogP contribution in [0.25, 0.3) is 0 Å². The number of carbonyl (C=O) groups excluding carboxylic acids is 2. The quantitative estimate of drug-likeness (QED) is 0.554. The highest BCUT2D eigenvalue weighted by Gasteiger charge is 2.34. The van der Waals surface area contributed by atoms with Gasteiger partial charge in [-0.05, 0) is 0 Å². The van der Waals surface area contributed by atoms with Crippen LogP contribution in [0.5, 0.6) is 0 Å². The van der Waals surface area contributed by atoms with E-state index in [4.69, 9.17) is 0 Å². The molecule has 6 nitrogen and oxygen atoms in total. The lowest BCUT2D eigenvalue weighted by Crippen LogP contribution is -2.31. The molecule has 1 atom stereocenters. The summed E-state index contributed by atoms with van der Waals surface area (Å²) in [7, 11) is 2.49. The SMILES string of the molecule is COC(=O)C1=NNC[C@@H]1C(=O)OC. The molecular weight excluding hydrogens is 176 g/mol. The molecule has 72 valence electrons. The van der Waals surface area contributed by atoms with E-state index in [1.54, 1.807) is 0 Å². The molecule has 0 amide bonds. The third kappa shape index (κ3) is 1.77. The lowest BCUT2D eigenvalue weighted by atomic mass is 10.1. The van der Waals surface area contributed by atoms with E-state index in [-0.39, 0.29) is 12.3 Å². The van der Waals surface area contributed by atoms with Crippen molar-refractivity contribution in [1.82, 2.24) is 5.43 Å². The van der Waals surface area contributed by atoms with Crippen molar-refractivity contribution in [3.8, 4) is 0 Å². The van der Waals surface area contributed by atoms with E-state index >= 15 is 0 Å². The van der Waals surface area contributed by atoms with Crippen LogP contribution in [0.2, 0.25) is 0 Å². The molecule has 0 saturated carbocycles. The van der Waals surface area contributed by atoms with Crippen LogP contribution in [-0.2, 0) is 19.1 Å². The molecule has 0 aromatic rings. The Kier molecular flexibility index (Phi) is 2.84. The van der Waals surface area contributed by atoms with Crippen molar-refractivity contribution in [2.24, 2.45) is 11.0 Å². The highest BCUT2D eigenvalue weighted by molar-refractivity contribution is 6.41. The molecule has 0 aromatic carbocycles. The predicted molar refractivity (Wildman–Crippen MR) is 43.0 cm³/mol. The summed E-state index contributed by atoms with van der Waals surface area (Å²) in [6, 6.07) is 0. The second kappa shape index (κ2) is 3.88. The number of nitrogens with one attached hydrogen (secondary N) is 1. The standard InChI is InChI=1S/C7H10N2O4/c1-12-6(10)4-3-8-9-5(4)7(11)13-2/h4,8H,3H2,1-2H3/t4-/m0/s1. The van der Waals surface area contributed by atoms with E-state index in [1.165, 1.54) is 14.2 Å². The summed E-state index contributed by atoms with van der Waals surface area (Å²) < 4.78 is 8.93. The summed E-state index contributed by atoms with van der Waals surface area (Å²) in [6.45, 7) is 0.275. The Balaban J connectivity index is 2.73. The maximum atomic E-state index is 11.1. The summed E-state index contributed by atoms with van der Waals surface area (Å²) in [6.07, 6.45) is 0. The van der Waals surface area contributed by atoms with E-state index in [0.29, 0.717) is 0 Å². The highest BCUT2D eigenvalue weighted by atomic mass is 16.5. The molecule has 1 rings (SSSR count). The third-order valence-electron chi connectivity index (χ3n) is 1.71. The summed E-state index contributed by atoms with van der Waals surface area (Å²) in [5.74, 6) is -1.76. The lowest BCUT2D eigenvalue weighted by Gasteiger charge is -2.06. The van der Waals surface area contributed by atoms with Crippen molar-refractivity contribution in [2.45, 2.75) is 0 Å². The molecule has 0 radical (unpaired) electrons. The van der Waals surface area contributed by atoms with E-state index < -0.39 is 17.9 Å². The van der Waals surface area contributed by atoms with Gasteiger partial charge in [0.05, 0.1) is 20.8 Å². The lowest BCUT2D eigenvalue weighted by molar-refractivity contribution is -0.144. The van der Waals surface area contributed by atoms with Crippen molar-refractivity contribution in [3.05, 3.63) is 0 Å². The monoisotopic (exact) mass is 186 g/mol. The maximum absolute atomic E-state index is 11.1. The van der Waals surface area contributed by atoms with Gasteiger partial charge in [-0.3, -0.25) is 4.79 Å². The van der Waals surface area contributed by atoms with Crippen molar-refractivity contribution in [3.63, 3.8) is 0 Å². The van der Waals surface area contributed by atoms with Crippen molar-refractivity contribution < 1.29 is 19.1 Å². The smallest absolute Gasteiger partial charge is 0.355 e. The fraction of sp³-hybridized carbons (Fsp3) is 0.571. The Morgan fingerprint density at radius 2 is 2.15 bits per heavy atom. The van der Waals surface area contributed by atoms with Gasteiger partial charge >= 0.3 is 11.9 Å².